The number of benzene rings is 2. The zero-order chi connectivity index (χ0) is 15.7. The summed E-state index contributed by atoms with van der Waals surface area (Å²) >= 11 is 7.72. The molecule has 0 aliphatic rings. The molecule has 0 saturated carbocycles. The lowest BCUT2D eigenvalue weighted by molar-refractivity contribution is 0.449. The Morgan fingerprint density at radius 1 is 0.952 bits per heavy atom. The fraction of sp³-hybridized carbons (Fsp3) is 0. The van der Waals surface area contributed by atoms with Gasteiger partial charge < -0.3 is 11.1 Å². The molecule has 0 spiro atoms. The van der Waals surface area contributed by atoms with E-state index in [1.165, 1.54) is 12.1 Å². The zero-order valence-corrected chi connectivity index (χ0v) is 12.6. The van der Waals surface area contributed by atoms with Crippen LogP contribution in [0.1, 0.15) is 5.56 Å². The highest BCUT2D eigenvalue weighted by Crippen LogP contribution is 2.30. The van der Waals surface area contributed by atoms with Gasteiger partial charge in [-0.2, -0.15) is 0 Å². The lowest BCUT2D eigenvalue weighted by Gasteiger charge is -2.12. The molecular formula is C13H7BrF4N2S. The number of hydrogen-bond donors (Lipinski definition) is 2. The molecule has 0 aromatic heterocycles. The van der Waals surface area contributed by atoms with Crippen LogP contribution in [0, 0.1) is 23.3 Å². The molecule has 0 unspecified atom stereocenters. The summed E-state index contributed by atoms with van der Waals surface area (Å²) in [5, 5.41) is 2.34. The Morgan fingerprint density at radius 2 is 1.52 bits per heavy atom. The van der Waals surface area contributed by atoms with Crippen molar-refractivity contribution in [1.82, 2.24) is 0 Å². The highest BCUT2D eigenvalue weighted by Gasteiger charge is 2.17. The largest absolute Gasteiger partial charge is 0.389 e. The fourth-order valence-corrected chi connectivity index (χ4v) is 2.46. The van der Waals surface area contributed by atoms with Crippen LogP contribution in [0.5, 0.6) is 0 Å². The molecule has 0 bridgehead atoms. The van der Waals surface area contributed by atoms with Gasteiger partial charge in [0, 0.05) is 5.56 Å². The van der Waals surface area contributed by atoms with Crippen LogP contribution in [0.25, 0.3) is 0 Å². The van der Waals surface area contributed by atoms with Gasteiger partial charge in [-0.05, 0) is 40.2 Å². The first-order valence-electron chi connectivity index (χ1n) is 5.51. The lowest BCUT2D eigenvalue weighted by atomic mass is 10.2. The summed E-state index contributed by atoms with van der Waals surface area (Å²) in [6.07, 6.45) is 0. The minimum Gasteiger partial charge on any atom is -0.389 e. The molecule has 8 heteroatoms. The molecule has 0 radical (unpaired) electrons. The summed E-state index contributed by atoms with van der Waals surface area (Å²) in [6.45, 7) is 0. The zero-order valence-electron chi connectivity index (χ0n) is 10.2. The van der Waals surface area contributed by atoms with Crippen molar-refractivity contribution in [2.24, 2.45) is 5.73 Å². The van der Waals surface area contributed by atoms with Crippen molar-refractivity contribution < 1.29 is 17.6 Å². The van der Waals surface area contributed by atoms with E-state index in [1.807, 2.05) is 0 Å². The second-order valence-electron chi connectivity index (χ2n) is 4.00. The Hall–Kier alpha value is -1.67. The normalized spacial score (nSPS) is 10.5. The summed E-state index contributed by atoms with van der Waals surface area (Å²) in [5.41, 5.74) is 5.13. The van der Waals surface area contributed by atoms with Gasteiger partial charge >= 0.3 is 0 Å². The number of halogens is 5. The van der Waals surface area contributed by atoms with Crippen LogP contribution in [0.4, 0.5) is 28.9 Å². The van der Waals surface area contributed by atoms with Crippen molar-refractivity contribution in [2.45, 2.75) is 0 Å². The molecule has 0 aliphatic carbocycles. The molecule has 0 aliphatic heterocycles. The summed E-state index contributed by atoms with van der Waals surface area (Å²) in [5.74, 6) is -5.20. The molecule has 2 rings (SSSR count). The van der Waals surface area contributed by atoms with Crippen LogP contribution in [0.15, 0.2) is 28.7 Å². The number of hydrogen-bond acceptors (Lipinski definition) is 2. The van der Waals surface area contributed by atoms with Gasteiger partial charge in [0.25, 0.3) is 0 Å². The summed E-state index contributed by atoms with van der Waals surface area (Å²) in [6, 6.07) is 4.37. The molecule has 110 valence electrons. The van der Waals surface area contributed by atoms with Gasteiger partial charge in [-0.1, -0.05) is 12.2 Å². The minimum atomic E-state index is -1.64. The molecule has 0 amide bonds. The Labute approximate surface area is 131 Å². The van der Waals surface area contributed by atoms with Crippen molar-refractivity contribution in [3.8, 4) is 0 Å². The number of anilines is 2. The molecule has 0 saturated heterocycles. The van der Waals surface area contributed by atoms with Gasteiger partial charge in [-0.3, -0.25) is 0 Å². The highest BCUT2D eigenvalue weighted by atomic mass is 79.9. The first kappa shape index (κ1) is 15.7. The number of thiocarbonyl (C=S) groups is 1. The van der Waals surface area contributed by atoms with Crippen LogP contribution >= 0.6 is 28.1 Å². The topological polar surface area (TPSA) is 38.0 Å². The Kier molecular flexibility index (Phi) is 4.48. The summed E-state index contributed by atoms with van der Waals surface area (Å²) in [4.78, 5) is -0.0219. The Bertz CT molecular complexity index is 737. The predicted octanol–water partition coefficient (Wildman–Crippen LogP) is 4.38. The molecule has 0 heterocycles. The summed E-state index contributed by atoms with van der Waals surface area (Å²) < 4.78 is 53.6. The van der Waals surface area contributed by atoms with Gasteiger partial charge in [-0.15, -0.1) is 0 Å². The Morgan fingerprint density at radius 3 is 2.14 bits per heavy atom. The second-order valence-corrected chi connectivity index (χ2v) is 5.23. The van der Waals surface area contributed by atoms with E-state index in [9.17, 15) is 17.6 Å². The number of nitrogens with two attached hydrogens (primary N) is 1. The predicted molar refractivity (Wildman–Crippen MR) is 79.6 cm³/mol. The average molecular weight is 379 g/mol. The van der Waals surface area contributed by atoms with E-state index in [0.717, 1.165) is 12.1 Å². The third-order valence-electron chi connectivity index (χ3n) is 2.65. The molecular weight excluding hydrogens is 372 g/mol. The lowest BCUT2D eigenvalue weighted by Crippen LogP contribution is -2.11. The van der Waals surface area contributed by atoms with Gasteiger partial charge in [-0.25, -0.2) is 17.6 Å². The van der Waals surface area contributed by atoms with E-state index in [1.54, 1.807) is 0 Å². The van der Waals surface area contributed by atoms with Gasteiger partial charge in [0.1, 0.15) is 4.99 Å². The third kappa shape index (κ3) is 3.01. The third-order valence-corrected chi connectivity index (χ3v) is 3.65. The van der Waals surface area contributed by atoms with E-state index in [2.05, 4.69) is 21.2 Å². The van der Waals surface area contributed by atoms with Crippen LogP contribution in [0.3, 0.4) is 0 Å². The fourth-order valence-electron chi connectivity index (χ4n) is 1.60. The van der Waals surface area contributed by atoms with E-state index >= 15 is 0 Å². The Balaban J connectivity index is 2.44. The van der Waals surface area contributed by atoms with Crippen LogP contribution in [-0.4, -0.2) is 4.99 Å². The molecule has 0 fully saturated rings. The van der Waals surface area contributed by atoms with Gasteiger partial charge in [0.2, 0.25) is 0 Å². The summed E-state index contributed by atoms with van der Waals surface area (Å²) in [7, 11) is 0. The van der Waals surface area contributed by atoms with Gasteiger partial charge in [0.15, 0.2) is 23.3 Å². The van der Waals surface area contributed by atoms with Crippen LogP contribution in [0.2, 0.25) is 0 Å². The first-order valence-corrected chi connectivity index (χ1v) is 6.71. The monoisotopic (exact) mass is 378 g/mol. The van der Waals surface area contributed by atoms with Crippen molar-refractivity contribution in [3.63, 3.8) is 0 Å². The van der Waals surface area contributed by atoms with E-state index in [4.69, 9.17) is 18.0 Å². The van der Waals surface area contributed by atoms with Crippen molar-refractivity contribution in [2.75, 3.05) is 5.32 Å². The maximum absolute atomic E-state index is 14.1. The maximum Gasteiger partial charge on any atom is 0.196 e. The van der Waals surface area contributed by atoms with Crippen LogP contribution in [-0.2, 0) is 0 Å². The standard InChI is InChI=1S/C13H7BrF4N2S/c14-9-5(13(19)21)1-3-7(11(9)17)20-8-4-2-6(15)10(16)12(8)18/h1-4,20H,(H2,19,21). The second kappa shape index (κ2) is 5.98. The quantitative estimate of drug-likeness (QED) is 0.472. The van der Waals surface area contributed by atoms with Crippen molar-refractivity contribution in [3.05, 3.63) is 57.6 Å². The average Bonchev–Trinajstić information content (AvgIpc) is 2.44. The first-order chi connectivity index (χ1) is 9.82. The maximum atomic E-state index is 14.1. The van der Waals surface area contributed by atoms with E-state index in [0.29, 0.717) is 0 Å². The van der Waals surface area contributed by atoms with E-state index in [-0.39, 0.29) is 20.7 Å². The molecule has 2 nitrogen and oxygen atoms in total. The van der Waals surface area contributed by atoms with Crippen molar-refractivity contribution >= 4 is 44.5 Å². The SMILES string of the molecule is NC(=S)c1ccc(Nc2ccc(F)c(F)c2F)c(F)c1Br. The van der Waals surface area contributed by atoms with E-state index < -0.39 is 29.0 Å². The smallest absolute Gasteiger partial charge is 0.196 e. The molecule has 3 N–H and O–H groups in total. The number of nitrogens with one attached hydrogen (secondary N) is 1. The molecule has 2 aromatic rings. The van der Waals surface area contributed by atoms with Gasteiger partial charge in [0.05, 0.1) is 15.8 Å². The molecule has 0 atom stereocenters. The minimum absolute atomic E-state index is 0.0111. The number of rotatable bonds is 3. The molecule has 21 heavy (non-hydrogen) atoms. The van der Waals surface area contributed by atoms with Crippen LogP contribution < -0.4 is 11.1 Å². The van der Waals surface area contributed by atoms with Crippen molar-refractivity contribution in [1.29, 1.82) is 0 Å². The molecule has 2 aromatic carbocycles. The highest BCUT2D eigenvalue weighted by molar-refractivity contribution is 9.10.